The Morgan fingerprint density at radius 3 is 2.71 bits per heavy atom. The summed E-state index contributed by atoms with van der Waals surface area (Å²) >= 11 is 0. The highest BCUT2D eigenvalue weighted by Gasteiger charge is 2.44. The van der Waals surface area contributed by atoms with Crippen LogP contribution in [0.15, 0.2) is 12.3 Å². The summed E-state index contributed by atoms with van der Waals surface area (Å²) in [4.78, 5) is 26.6. The first-order chi connectivity index (χ1) is 14.8. The second kappa shape index (κ2) is 8.84. The van der Waals surface area contributed by atoms with Crippen LogP contribution in [0.3, 0.4) is 0 Å². The standard InChI is InChI=1S/C19H25N4O7P/c1-2-14-21-17(20-11-5-3-4-6-11)12-7-8-23(18(12)22-14)19-16(25)15(24)13(30-19)9-29-10-31(26,27)28/h1,7-8,11,13,15-16,19,24-25H,3-6,9-10H2,(H,20,21,22)(H2,26,27,28)/t13-,15-,16-,19-/m1/s1. The number of aromatic nitrogens is 3. The highest BCUT2D eigenvalue weighted by Crippen LogP contribution is 2.36. The summed E-state index contributed by atoms with van der Waals surface area (Å²) in [6, 6.07) is 2.09. The van der Waals surface area contributed by atoms with Crippen LogP contribution in [0.2, 0.25) is 0 Å². The summed E-state index contributed by atoms with van der Waals surface area (Å²) in [5, 5.41) is 25.0. The molecular weight excluding hydrogens is 427 g/mol. The van der Waals surface area contributed by atoms with Crippen molar-refractivity contribution in [3.8, 4) is 12.3 Å². The van der Waals surface area contributed by atoms with E-state index in [9.17, 15) is 14.8 Å². The topological polar surface area (TPSA) is 159 Å². The molecule has 2 aliphatic rings. The van der Waals surface area contributed by atoms with Gasteiger partial charge >= 0.3 is 7.60 Å². The maximum atomic E-state index is 10.9. The van der Waals surface area contributed by atoms with Gasteiger partial charge in [0.05, 0.1) is 12.0 Å². The van der Waals surface area contributed by atoms with Crippen molar-refractivity contribution in [3.63, 3.8) is 0 Å². The second-order valence-corrected chi connectivity index (χ2v) is 9.42. The van der Waals surface area contributed by atoms with Gasteiger partial charge in [-0.2, -0.15) is 0 Å². The fourth-order valence-corrected chi connectivity index (χ4v) is 4.40. The maximum absolute atomic E-state index is 10.9. The van der Waals surface area contributed by atoms with Crippen LogP contribution in [0, 0.1) is 12.3 Å². The molecule has 2 aromatic rings. The Bertz CT molecular complexity index is 1030. The van der Waals surface area contributed by atoms with Crippen molar-refractivity contribution in [3.05, 3.63) is 18.1 Å². The molecule has 0 aromatic carbocycles. The van der Waals surface area contributed by atoms with Gasteiger partial charge in [0.1, 0.15) is 36.1 Å². The number of anilines is 1. The zero-order valence-electron chi connectivity index (χ0n) is 16.7. The Balaban J connectivity index is 1.59. The van der Waals surface area contributed by atoms with E-state index in [4.69, 9.17) is 25.7 Å². The molecule has 0 radical (unpaired) electrons. The first kappa shape index (κ1) is 22.2. The zero-order valence-corrected chi connectivity index (χ0v) is 17.6. The third-order valence-corrected chi connectivity index (χ3v) is 6.07. The van der Waals surface area contributed by atoms with E-state index >= 15 is 0 Å². The fourth-order valence-electron chi connectivity index (χ4n) is 4.06. The first-order valence-corrected chi connectivity index (χ1v) is 11.8. The number of nitrogens with zero attached hydrogens (tertiary/aromatic N) is 3. The van der Waals surface area contributed by atoms with Gasteiger partial charge in [-0.25, -0.2) is 9.97 Å². The van der Waals surface area contributed by atoms with Crippen LogP contribution in [0.25, 0.3) is 11.0 Å². The van der Waals surface area contributed by atoms with Crippen LogP contribution in [0.5, 0.6) is 0 Å². The molecule has 31 heavy (non-hydrogen) atoms. The molecule has 11 nitrogen and oxygen atoms in total. The summed E-state index contributed by atoms with van der Waals surface area (Å²) in [5.74, 6) is 3.23. The SMILES string of the molecule is C#Cc1nc(NC2CCCC2)c2ccn([C@@H]3O[C@H](COCP(=O)(O)O)[C@@H](O)[C@H]3O)c2n1. The van der Waals surface area contributed by atoms with E-state index in [-0.39, 0.29) is 12.4 Å². The second-order valence-electron chi connectivity index (χ2n) is 7.84. The molecule has 1 aliphatic heterocycles. The van der Waals surface area contributed by atoms with Crippen LogP contribution in [-0.2, 0) is 14.0 Å². The molecule has 0 unspecified atom stereocenters. The number of fused-ring (bicyclic) bond motifs is 1. The molecular formula is C19H25N4O7P. The lowest BCUT2D eigenvalue weighted by atomic mass is 10.1. The minimum absolute atomic E-state index is 0.183. The first-order valence-electron chi connectivity index (χ1n) is 10.0. The lowest BCUT2D eigenvalue weighted by Gasteiger charge is -2.18. The molecule has 3 heterocycles. The molecule has 2 aromatic heterocycles. The molecule has 0 amide bonds. The number of aliphatic hydroxyl groups is 2. The molecule has 1 aliphatic carbocycles. The number of rotatable bonds is 7. The number of nitrogens with one attached hydrogen (secondary N) is 1. The molecule has 4 atom stereocenters. The average Bonchev–Trinajstić information content (AvgIpc) is 3.43. The third kappa shape index (κ3) is 4.76. The minimum Gasteiger partial charge on any atom is -0.387 e. The van der Waals surface area contributed by atoms with Gasteiger partial charge in [-0.15, -0.1) is 6.42 Å². The van der Waals surface area contributed by atoms with Gasteiger partial charge in [0.2, 0.25) is 5.82 Å². The smallest absolute Gasteiger partial charge is 0.350 e. The van der Waals surface area contributed by atoms with Crippen molar-refractivity contribution in [1.82, 2.24) is 14.5 Å². The Hall–Kier alpha value is -2.03. The van der Waals surface area contributed by atoms with Crippen molar-refractivity contribution in [1.29, 1.82) is 0 Å². The van der Waals surface area contributed by atoms with E-state index in [1.54, 1.807) is 16.8 Å². The molecule has 168 valence electrons. The molecule has 0 spiro atoms. The molecule has 0 bridgehead atoms. The monoisotopic (exact) mass is 452 g/mol. The number of hydrogen-bond acceptors (Lipinski definition) is 8. The highest BCUT2D eigenvalue weighted by atomic mass is 31.2. The van der Waals surface area contributed by atoms with Crippen molar-refractivity contribution in [2.45, 2.75) is 56.3 Å². The molecule has 2 fully saturated rings. The van der Waals surface area contributed by atoms with E-state index < -0.39 is 38.5 Å². The minimum atomic E-state index is -4.35. The molecule has 1 saturated carbocycles. The zero-order chi connectivity index (χ0) is 22.2. The van der Waals surface area contributed by atoms with Gasteiger partial charge in [0, 0.05) is 12.2 Å². The Morgan fingerprint density at radius 2 is 2.03 bits per heavy atom. The van der Waals surface area contributed by atoms with E-state index in [0.29, 0.717) is 22.9 Å². The normalized spacial score (nSPS) is 27.1. The van der Waals surface area contributed by atoms with Crippen LogP contribution in [0.4, 0.5) is 5.82 Å². The third-order valence-electron chi connectivity index (χ3n) is 5.55. The predicted molar refractivity (Wildman–Crippen MR) is 110 cm³/mol. The van der Waals surface area contributed by atoms with Gasteiger partial charge in [-0.3, -0.25) is 4.57 Å². The van der Waals surface area contributed by atoms with E-state index in [1.165, 1.54) is 0 Å². The number of aliphatic hydroxyl groups excluding tert-OH is 2. The number of terminal acetylenes is 1. The van der Waals surface area contributed by atoms with E-state index in [0.717, 1.165) is 25.7 Å². The summed E-state index contributed by atoms with van der Waals surface area (Å²) in [5.41, 5.74) is 0.441. The van der Waals surface area contributed by atoms with Crippen LogP contribution >= 0.6 is 7.60 Å². The lowest BCUT2D eigenvalue weighted by Crippen LogP contribution is -2.33. The van der Waals surface area contributed by atoms with Gasteiger partial charge in [0.25, 0.3) is 0 Å². The quantitative estimate of drug-likeness (QED) is 0.296. The van der Waals surface area contributed by atoms with E-state index in [2.05, 4.69) is 21.2 Å². The average molecular weight is 452 g/mol. The van der Waals surface area contributed by atoms with E-state index in [1.807, 2.05) is 0 Å². The van der Waals surface area contributed by atoms with Crippen LogP contribution in [-0.4, -0.2) is 71.8 Å². The van der Waals surface area contributed by atoms with Crippen LogP contribution in [0.1, 0.15) is 37.7 Å². The Kier molecular flexibility index (Phi) is 6.32. The van der Waals surface area contributed by atoms with Crippen molar-refractivity contribution in [2.75, 3.05) is 18.3 Å². The predicted octanol–water partition coefficient (Wildman–Crippen LogP) is 0.538. The summed E-state index contributed by atoms with van der Waals surface area (Å²) in [6.45, 7) is -0.294. The van der Waals surface area contributed by atoms with Crippen molar-refractivity contribution < 1.29 is 34.0 Å². The molecule has 12 heteroatoms. The summed E-state index contributed by atoms with van der Waals surface area (Å²) in [6.07, 6.45) is 6.21. The van der Waals surface area contributed by atoms with Crippen LogP contribution < -0.4 is 5.32 Å². The summed E-state index contributed by atoms with van der Waals surface area (Å²) < 4.78 is 23.2. The molecule has 5 N–H and O–H groups in total. The molecule has 1 saturated heterocycles. The molecule has 4 rings (SSSR count). The number of hydrogen-bond donors (Lipinski definition) is 5. The summed E-state index contributed by atoms with van der Waals surface area (Å²) in [7, 11) is -4.35. The highest BCUT2D eigenvalue weighted by molar-refractivity contribution is 7.51. The Labute approximate surface area is 178 Å². The van der Waals surface area contributed by atoms with Gasteiger partial charge < -0.3 is 39.4 Å². The van der Waals surface area contributed by atoms with Gasteiger partial charge in [-0.05, 0) is 24.8 Å². The Morgan fingerprint density at radius 1 is 1.29 bits per heavy atom. The largest absolute Gasteiger partial charge is 0.387 e. The fraction of sp³-hybridized carbons (Fsp3) is 0.579. The van der Waals surface area contributed by atoms with Crippen molar-refractivity contribution in [2.24, 2.45) is 0 Å². The maximum Gasteiger partial charge on any atom is 0.350 e. The van der Waals surface area contributed by atoms with Gasteiger partial charge in [0.15, 0.2) is 6.23 Å². The number of ether oxygens (including phenoxy) is 2. The van der Waals surface area contributed by atoms with Crippen molar-refractivity contribution >= 4 is 24.4 Å². The van der Waals surface area contributed by atoms with Gasteiger partial charge in [-0.1, -0.05) is 12.8 Å². The lowest BCUT2D eigenvalue weighted by molar-refractivity contribution is -0.0610.